The van der Waals surface area contributed by atoms with Crippen molar-refractivity contribution in [2.45, 2.75) is 37.1 Å². The largest absolute Gasteiger partial charge is 0.293 e. The number of halogens is 2. The molecule has 120 valence electrons. The van der Waals surface area contributed by atoms with Crippen molar-refractivity contribution >= 4 is 58.5 Å². The summed E-state index contributed by atoms with van der Waals surface area (Å²) >= 11 is 6.26. The van der Waals surface area contributed by atoms with E-state index in [1.807, 2.05) is 18.0 Å². The second kappa shape index (κ2) is 12.3. The SMILES string of the molecule is Cl.Ic1ccc(SCCCCCCCN2CCSC2)nc1. The molecule has 1 aliphatic heterocycles. The molecule has 0 atom stereocenters. The lowest BCUT2D eigenvalue weighted by Crippen LogP contribution is -2.20. The van der Waals surface area contributed by atoms with Crippen molar-refractivity contribution < 1.29 is 0 Å². The molecule has 0 N–H and O–H groups in total. The van der Waals surface area contributed by atoms with Gasteiger partial charge in [-0.15, -0.1) is 35.9 Å². The molecule has 0 unspecified atom stereocenters. The van der Waals surface area contributed by atoms with Crippen molar-refractivity contribution in [3.05, 3.63) is 21.9 Å². The maximum atomic E-state index is 4.42. The van der Waals surface area contributed by atoms with Crippen molar-refractivity contribution in [2.24, 2.45) is 0 Å². The summed E-state index contributed by atoms with van der Waals surface area (Å²) in [4.78, 5) is 7.00. The molecule has 21 heavy (non-hydrogen) atoms. The number of pyridine rings is 1. The third-order valence-electron chi connectivity index (χ3n) is 3.39. The molecular weight excluding hydrogens is 435 g/mol. The van der Waals surface area contributed by atoms with E-state index in [1.54, 1.807) is 0 Å². The highest BCUT2D eigenvalue weighted by molar-refractivity contribution is 14.1. The maximum absolute atomic E-state index is 4.42. The molecule has 2 nitrogen and oxygen atoms in total. The number of nitrogens with zero attached hydrogens (tertiary/aromatic N) is 2. The van der Waals surface area contributed by atoms with Gasteiger partial charge in [0, 0.05) is 27.9 Å². The molecule has 1 saturated heterocycles. The van der Waals surface area contributed by atoms with Gasteiger partial charge in [-0.3, -0.25) is 4.90 Å². The molecule has 0 amide bonds. The predicted molar refractivity (Wildman–Crippen MR) is 107 cm³/mol. The summed E-state index contributed by atoms with van der Waals surface area (Å²) in [5.41, 5.74) is 0. The Morgan fingerprint density at radius 3 is 2.71 bits per heavy atom. The average molecular weight is 459 g/mol. The first-order valence-electron chi connectivity index (χ1n) is 7.39. The van der Waals surface area contributed by atoms with Gasteiger partial charge >= 0.3 is 0 Å². The van der Waals surface area contributed by atoms with Crippen LogP contribution < -0.4 is 0 Å². The van der Waals surface area contributed by atoms with Crippen LogP contribution in [0.4, 0.5) is 0 Å². The highest BCUT2D eigenvalue weighted by atomic mass is 127. The summed E-state index contributed by atoms with van der Waals surface area (Å²) in [5.74, 6) is 3.81. The van der Waals surface area contributed by atoms with Crippen LogP contribution in [0.25, 0.3) is 0 Å². The summed E-state index contributed by atoms with van der Waals surface area (Å²) in [7, 11) is 0. The van der Waals surface area contributed by atoms with Crippen LogP contribution in [0.15, 0.2) is 23.4 Å². The molecule has 0 radical (unpaired) electrons. The lowest BCUT2D eigenvalue weighted by molar-refractivity contribution is 0.343. The number of hydrogen-bond donors (Lipinski definition) is 0. The van der Waals surface area contributed by atoms with Gasteiger partial charge in [0.2, 0.25) is 0 Å². The smallest absolute Gasteiger partial charge is 0.0960 e. The molecular formula is C15H24ClIN2S2. The zero-order valence-corrected chi connectivity index (χ0v) is 16.9. The molecule has 1 aromatic rings. The number of hydrogen-bond acceptors (Lipinski definition) is 4. The second-order valence-corrected chi connectivity index (χ2v) is 8.52. The highest BCUT2D eigenvalue weighted by Crippen LogP contribution is 2.19. The standard InChI is InChI=1S/C15H23IN2S2.ClH/c16-14-6-7-15(17-12-14)20-10-5-3-1-2-4-8-18-9-11-19-13-18;/h6-7,12H,1-5,8-11,13H2;1H. The van der Waals surface area contributed by atoms with E-state index in [9.17, 15) is 0 Å². The van der Waals surface area contributed by atoms with Crippen LogP contribution in [0, 0.1) is 3.57 Å². The summed E-state index contributed by atoms with van der Waals surface area (Å²) < 4.78 is 1.21. The highest BCUT2D eigenvalue weighted by Gasteiger charge is 2.10. The Kier molecular flexibility index (Phi) is 11.6. The molecule has 1 aromatic heterocycles. The third-order valence-corrected chi connectivity index (χ3v) is 6.08. The molecule has 2 heterocycles. The van der Waals surface area contributed by atoms with E-state index >= 15 is 0 Å². The van der Waals surface area contributed by atoms with Gasteiger partial charge in [0.1, 0.15) is 0 Å². The minimum atomic E-state index is 0. The summed E-state index contributed by atoms with van der Waals surface area (Å²) in [5, 5.41) is 1.16. The zero-order valence-electron chi connectivity index (χ0n) is 12.3. The van der Waals surface area contributed by atoms with E-state index in [1.165, 1.54) is 66.1 Å². The van der Waals surface area contributed by atoms with Crippen LogP contribution in [0.1, 0.15) is 32.1 Å². The fourth-order valence-electron chi connectivity index (χ4n) is 2.22. The molecule has 0 bridgehead atoms. The van der Waals surface area contributed by atoms with Gasteiger partial charge in [0.05, 0.1) is 5.03 Å². The Labute approximate surface area is 157 Å². The van der Waals surface area contributed by atoms with Gasteiger partial charge in [-0.2, -0.15) is 0 Å². The average Bonchev–Trinajstić information content (AvgIpc) is 2.97. The summed E-state index contributed by atoms with van der Waals surface area (Å²) in [6.07, 6.45) is 8.80. The van der Waals surface area contributed by atoms with Crippen molar-refractivity contribution in [2.75, 3.05) is 30.5 Å². The zero-order chi connectivity index (χ0) is 14.0. The van der Waals surface area contributed by atoms with Crippen molar-refractivity contribution in [1.82, 2.24) is 9.88 Å². The Morgan fingerprint density at radius 2 is 2.00 bits per heavy atom. The molecule has 0 aromatic carbocycles. The van der Waals surface area contributed by atoms with E-state index in [-0.39, 0.29) is 12.4 Å². The molecule has 2 rings (SSSR count). The van der Waals surface area contributed by atoms with Crippen LogP contribution >= 0.6 is 58.5 Å². The third kappa shape index (κ3) is 8.89. The number of unbranched alkanes of at least 4 members (excludes halogenated alkanes) is 4. The monoisotopic (exact) mass is 458 g/mol. The fraction of sp³-hybridized carbons (Fsp3) is 0.667. The number of thioether (sulfide) groups is 2. The van der Waals surface area contributed by atoms with E-state index in [0.29, 0.717) is 0 Å². The van der Waals surface area contributed by atoms with E-state index in [2.05, 4.69) is 56.4 Å². The van der Waals surface area contributed by atoms with Crippen molar-refractivity contribution in [3.63, 3.8) is 0 Å². The molecule has 0 saturated carbocycles. The molecule has 0 aliphatic carbocycles. The summed E-state index contributed by atoms with van der Waals surface area (Å²) in [6.45, 7) is 2.62. The van der Waals surface area contributed by atoms with Crippen LogP contribution in [0.2, 0.25) is 0 Å². The van der Waals surface area contributed by atoms with E-state index in [4.69, 9.17) is 0 Å². The predicted octanol–water partition coefficient (Wildman–Crippen LogP) is 5.16. The van der Waals surface area contributed by atoms with Crippen molar-refractivity contribution in [1.29, 1.82) is 0 Å². The van der Waals surface area contributed by atoms with Gasteiger partial charge in [0.25, 0.3) is 0 Å². The maximum Gasteiger partial charge on any atom is 0.0960 e. The van der Waals surface area contributed by atoms with E-state index < -0.39 is 0 Å². The lowest BCUT2D eigenvalue weighted by Gasteiger charge is -2.12. The van der Waals surface area contributed by atoms with E-state index in [0.717, 1.165) is 5.03 Å². The van der Waals surface area contributed by atoms with Crippen LogP contribution in [0.5, 0.6) is 0 Å². The number of rotatable bonds is 9. The minimum absolute atomic E-state index is 0. The molecule has 1 fully saturated rings. The van der Waals surface area contributed by atoms with Gasteiger partial charge in [-0.25, -0.2) is 4.98 Å². The first kappa shape index (κ1) is 19.9. The Bertz CT molecular complexity index is 372. The van der Waals surface area contributed by atoms with Crippen LogP contribution in [0.3, 0.4) is 0 Å². The fourth-order valence-corrected chi connectivity index (χ4v) is 4.42. The second-order valence-electron chi connectivity index (χ2n) is 5.09. The lowest BCUT2D eigenvalue weighted by atomic mass is 10.1. The Hall–Kier alpha value is 0.830. The van der Waals surface area contributed by atoms with Crippen LogP contribution in [-0.2, 0) is 0 Å². The molecule has 0 spiro atoms. The molecule has 1 aliphatic rings. The van der Waals surface area contributed by atoms with Gasteiger partial charge in [-0.05, 0) is 59.9 Å². The van der Waals surface area contributed by atoms with Crippen molar-refractivity contribution in [3.8, 4) is 0 Å². The van der Waals surface area contributed by atoms with Crippen LogP contribution in [-0.4, -0.2) is 40.4 Å². The number of aromatic nitrogens is 1. The Morgan fingerprint density at radius 1 is 1.19 bits per heavy atom. The quantitative estimate of drug-likeness (QED) is 0.288. The van der Waals surface area contributed by atoms with Gasteiger partial charge in [-0.1, -0.05) is 19.3 Å². The normalized spacial score (nSPS) is 15.1. The van der Waals surface area contributed by atoms with Gasteiger partial charge in [0.15, 0.2) is 0 Å². The minimum Gasteiger partial charge on any atom is -0.293 e. The Balaban J connectivity index is 0.00000220. The topological polar surface area (TPSA) is 16.1 Å². The first-order chi connectivity index (χ1) is 9.84. The summed E-state index contributed by atoms with van der Waals surface area (Å²) in [6, 6.07) is 4.26. The first-order valence-corrected chi connectivity index (χ1v) is 10.6. The van der Waals surface area contributed by atoms with Gasteiger partial charge < -0.3 is 0 Å². The molecule has 6 heteroatoms.